The van der Waals surface area contributed by atoms with E-state index < -0.39 is 0 Å². The van der Waals surface area contributed by atoms with E-state index >= 15 is 0 Å². The summed E-state index contributed by atoms with van der Waals surface area (Å²) in [6.07, 6.45) is 0. The van der Waals surface area contributed by atoms with Crippen molar-refractivity contribution < 1.29 is 93.6 Å². The molecule has 0 unspecified atom stereocenters. The van der Waals surface area contributed by atoms with Crippen molar-refractivity contribution >= 4 is 0 Å². The maximum Gasteiger partial charge on any atom is 0 e. The summed E-state index contributed by atoms with van der Waals surface area (Å²) in [5, 5.41) is 0. The minimum absolute atomic E-state index is 0. The van der Waals surface area contributed by atoms with E-state index in [1.165, 1.54) is 0 Å². The first-order valence-electron chi connectivity index (χ1n) is 0. The summed E-state index contributed by atoms with van der Waals surface area (Å²) in [7, 11) is 0. The largest absolute Gasteiger partial charge is 0 e. The third-order valence-corrected chi connectivity index (χ3v) is 0. The van der Waals surface area contributed by atoms with Crippen LogP contribution in [0.15, 0.2) is 0 Å². The zero-order chi connectivity index (χ0) is 0. The van der Waals surface area contributed by atoms with Crippen molar-refractivity contribution in [3.63, 3.8) is 0 Å². The standard InChI is InChI=1S/Fe.Ho.Mn.Ti. The van der Waals surface area contributed by atoms with Gasteiger partial charge in [0, 0.05) is 93.6 Å². The SMILES string of the molecule is [Fe].[Ho].[Mn].[Ti]. The molecule has 2 radical (unpaired) electrons. The Labute approximate surface area is 91.7 Å². The van der Waals surface area contributed by atoms with Gasteiger partial charge in [0.05, 0.1) is 0 Å². The molecule has 0 rings (SSSR count). The molecular formula is FeHoMnTi. The van der Waals surface area contributed by atoms with E-state index in [2.05, 4.69) is 0 Å². The van der Waals surface area contributed by atoms with Crippen molar-refractivity contribution in [2.75, 3.05) is 0 Å². The Balaban J connectivity index is 0. The van der Waals surface area contributed by atoms with Crippen LogP contribution < -0.4 is 0 Å². The van der Waals surface area contributed by atoms with Crippen LogP contribution in [0, 0.1) is 37.7 Å². The van der Waals surface area contributed by atoms with Crippen molar-refractivity contribution in [2.45, 2.75) is 0 Å². The van der Waals surface area contributed by atoms with Crippen LogP contribution >= 0.6 is 0 Å². The molecule has 0 aromatic rings. The number of rotatable bonds is 0. The molecule has 0 nitrogen and oxygen atoms in total. The van der Waals surface area contributed by atoms with Crippen molar-refractivity contribution in [1.29, 1.82) is 0 Å². The van der Waals surface area contributed by atoms with Crippen LogP contribution in [0.1, 0.15) is 0 Å². The molecule has 0 heterocycles. The summed E-state index contributed by atoms with van der Waals surface area (Å²) in [4.78, 5) is 0. The van der Waals surface area contributed by atoms with E-state index in [-0.39, 0.29) is 93.6 Å². The fourth-order valence-electron chi connectivity index (χ4n) is 0. The third-order valence-electron chi connectivity index (χ3n) is 0. The molecule has 0 bridgehead atoms. The topological polar surface area (TPSA) is 0 Å². The Morgan fingerprint density at radius 1 is 1.00 bits per heavy atom. The molecule has 0 aromatic carbocycles. The Hall–Kier alpha value is 3.01. The van der Waals surface area contributed by atoms with Gasteiger partial charge in [-0.1, -0.05) is 0 Å². The van der Waals surface area contributed by atoms with Gasteiger partial charge in [0.15, 0.2) is 0 Å². The zero-order valence-electron chi connectivity index (χ0n) is 1.53. The van der Waals surface area contributed by atoms with E-state index in [0.29, 0.717) is 0 Å². The normalized spacial score (nSPS) is 0. The minimum atomic E-state index is 0. The fraction of sp³-hybridized carbons (Fsp3) is 0. The van der Waals surface area contributed by atoms with E-state index in [1.54, 1.807) is 0 Å². The molecule has 0 atom stereocenters. The molecule has 0 aliphatic rings. The summed E-state index contributed by atoms with van der Waals surface area (Å²) >= 11 is 0. The Morgan fingerprint density at radius 2 is 1.00 bits per heavy atom. The summed E-state index contributed by atoms with van der Waals surface area (Å²) < 4.78 is 0. The molecule has 0 aliphatic heterocycles. The van der Waals surface area contributed by atoms with Crippen molar-refractivity contribution in [1.82, 2.24) is 0 Å². The Morgan fingerprint density at radius 3 is 1.00 bits per heavy atom. The molecule has 30 valence electrons. The van der Waals surface area contributed by atoms with Crippen LogP contribution in [0.5, 0.6) is 0 Å². The van der Waals surface area contributed by atoms with E-state index in [0.717, 1.165) is 0 Å². The summed E-state index contributed by atoms with van der Waals surface area (Å²) in [6, 6.07) is 0. The van der Waals surface area contributed by atoms with Crippen molar-refractivity contribution in [3.8, 4) is 0 Å². The third kappa shape index (κ3) is 8.89. The van der Waals surface area contributed by atoms with Gasteiger partial charge in [-0.05, 0) is 0 Å². The monoisotopic (exact) mass is 324 g/mol. The molecule has 0 aromatic heterocycles. The van der Waals surface area contributed by atoms with Crippen LogP contribution in [0.2, 0.25) is 0 Å². The Bertz CT molecular complexity index is 8.00. The number of hydrogen-bond acceptors (Lipinski definition) is 0. The first-order chi connectivity index (χ1) is 0. The summed E-state index contributed by atoms with van der Waals surface area (Å²) in [5.41, 5.74) is 0. The quantitative estimate of drug-likeness (QED) is 0.550. The molecule has 0 aliphatic carbocycles. The van der Waals surface area contributed by atoms with Crippen LogP contribution in [0.3, 0.4) is 0 Å². The number of hydrogen-bond donors (Lipinski definition) is 0. The van der Waals surface area contributed by atoms with Gasteiger partial charge in [0.25, 0.3) is 0 Å². The van der Waals surface area contributed by atoms with Gasteiger partial charge in [-0.3, -0.25) is 0 Å². The van der Waals surface area contributed by atoms with Gasteiger partial charge in [0.2, 0.25) is 0 Å². The summed E-state index contributed by atoms with van der Waals surface area (Å²) in [6.45, 7) is 0. The first kappa shape index (κ1) is 27.9. The van der Waals surface area contributed by atoms with E-state index in [9.17, 15) is 0 Å². The van der Waals surface area contributed by atoms with Crippen LogP contribution in [0.4, 0.5) is 0 Å². The minimum Gasteiger partial charge on any atom is 0 e. The second-order valence-electron chi connectivity index (χ2n) is 0. The van der Waals surface area contributed by atoms with Gasteiger partial charge in [0.1, 0.15) is 0 Å². The molecule has 0 fully saturated rings. The first-order valence-corrected chi connectivity index (χ1v) is 0. The van der Waals surface area contributed by atoms with Crippen LogP contribution in [-0.2, 0) is 55.9 Å². The average Bonchev–Trinajstić information content (AvgIpc) is 0. The van der Waals surface area contributed by atoms with Gasteiger partial charge in [-0.2, -0.15) is 0 Å². The molecule has 0 spiro atoms. The molecule has 0 N–H and O–H groups in total. The average molecular weight is 324 g/mol. The molecular weight excluding hydrogens is 324 g/mol. The molecule has 0 saturated heterocycles. The van der Waals surface area contributed by atoms with Crippen molar-refractivity contribution in [3.05, 3.63) is 0 Å². The molecule has 4 heavy (non-hydrogen) atoms. The molecule has 0 amide bonds. The van der Waals surface area contributed by atoms with Gasteiger partial charge < -0.3 is 0 Å². The second-order valence-corrected chi connectivity index (χ2v) is 0. The molecule has 0 saturated carbocycles. The maximum absolute atomic E-state index is 0. The van der Waals surface area contributed by atoms with Gasteiger partial charge in [-0.15, -0.1) is 0 Å². The van der Waals surface area contributed by atoms with E-state index in [1.807, 2.05) is 0 Å². The van der Waals surface area contributed by atoms with Crippen molar-refractivity contribution in [2.24, 2.45) is 0 Å². The van der Waals surface area contributed by atoms with Crippen LogP contribution in [-0.4, -0.2) is 0 Å². The predicted molar refractivity (Wildman–Crippen MR) is 0 cm³/mol. The molecule has 4 heteroatoms. The van der Waals surface area contributed by atoms with Gasteiger partial charge in [-0.25, -0.2) is 0 Å². The zero-order valence-corrected chi connectivity index (χ0v) is 7.31. The fourth-order valence-corrected chi connectivity index (χ4v) is 0. The predicted octanol–water partition coefficient (Wildman–Crippen LogP) is -0.00750. The van der Waals surface area contributed by atoms with Crippen LogP contribution in [0.25, 0.3) is 0 Å². The Kier molecular flexibility index (Phi) is 116. The maximum atomic E-state index is 0. The van der Waals surface area contributed by atoms with E-state index in [4.69, 9.17) is 0 Å². The van der Waals surface area contributed by atoms with Gasteiger partial charge >= 0.3 is 0 Å². The second kappa shape index (κ2) is 16.6. The smallest absolute Gasteiger partial charge is 0 e. The summed E-state index contributed by atoms with van der Waals surface area (Å²) in [5.74, 6) is 0.